The number of anilines is 1. The van der Waals surface area contributed by atoms with Crippen LogP contribution in [0.25, 0.3) is 0 Å². The standard InChI is InChI=1S/C19H21F3N2/c1-13-5-7-14(8-6-13)15-9-17(23)12-24(11-15)18-4-2-3-16(10-18)19(20,21)22/h2-8,10,15,17H,9,11-12,23H2,1H3. The average Bonchev–Trinajstić information content (AvgIpc) is 2.54. The summed E-state index contributed by atoms with van der Waals surface area (Å²) in [7, 11) is 0. The highest BCUT2D eigenvalue weighted by Crippen LogP contribution is 2.34. The lowest BCUT2D eigenvalue weighted by atomic mass is 9.87. The monoisotopic (exact) mass is 334 g/mol. The van der Waals surface area contributed by atoms with E-state index in [0.29, 0.717) is 18.8 Å². The molecule has 128 valence electrons. The van der Waals surface area contributed by atoms with Gasteiger partial charge in [0.05, 0.1) is 5.56 Å². The van der Waals surface area contributed by atoms with E-state index < -0.39 is 11.7 Å². The fourth-order valence-electron chi connectivity index (χ4n) is 3.31. The van der Waals surface area contributed by atoms with Gasteiger partial charge >= 0.3 is 6.18 Å². The summed E-state index contributed by atoms with van der Waals surface area (Å²) in [5, 5.41) is 0. The minimum Gasteiger partial charge on any atom is -0.369 e. The number of alkyl halides is 3. The first kappa shape index (κ1) is 16.8. The second-order valence-corrected chi connectivity index (χ2v) is 6.56. The van der Waals surface area contributed by atoms with Crippen molar-refractivity contribution >= 4 is 5.69 Å². The lowest BCUT2D eigenvalue weighted by Gasteiger charge is -2.38. The smallest absolute Gasteiger partial charge is 0.369 e. The molecule has 2 N–H and O–H groups in total. The Morgan fingerprint density at radius 3 is 2.42 bits per heavy atom. The van der Waals surface area contributed by atoms with Crippen molar-refractivity contribution < 1.29 is 13.2 Å². The molecule has 0 spiro atoms. The summed E-state index contributed by atoms with van der Waals surface area (Å²) in [6.07, 6.45) is -3.48. The van der Waals surface area contributed by atoms with Gasteiger partial charge in [-0.3, -0.25) is 0 Å². The first-order chi connectivity index (χ1) is 11.3. The second kappa shape index (κ2) is 6.48. The second-order valence-electron chi connectivity index (χ2n) is 6.56. The van der Waals surface area contributed by atoms with E-state index in [4.69, 9.17) is 5.73 Å². The number of rotatable bonds is 2. The molecule has 0 saturated carbocycles. The molecule has 2 aromatic carbocycles. The van der Waals surface area contributed by atoms with Crippen LogP contribution in [0.5, 0.6) is 0 Å². The molecule has 0 aromatic heterocycles. The van der Waals surface area contributed by atoms with Crippen LogP contribution in [0, 0.1) is 6.92 Å². The third-order valence-corrected chi connectivity index (χ3v) is 4.57. The summed E-state index contributed by atoms with van der Waals surface area (Å²) in [4.78, 5) is 1.97. The van der Waals surface area contributed by atoms with Crippen molar-refractivity contribution in [2.45, 2.75) is 31.5 Å². The molecule has 0 aliphatic carbocycles. The zero-order valence-corrected chi connectivity index (χ0v) is 13.6. The molecule has 0 amide bonds. The van der Waals surface area contributed by atoms with E-state index in [1.165, 1.54) is 23.3 Å². The number of hydrogen-bond donors (Lipinski definition) is 1. The largest absolute Gasteiger partial charge is 0.416 e. The molecular formula is C19H21F3N2. The van der Waals surface area contributed by atoms with Gasteiger partial charge in [-0.2, -0.15) is 13.2 Å². The fourth-order valence-corrected chi connectivity index (χ4v) is 3.31. The van der Waals surface area contributed by atoms with E-state index >= 15 is 0 Å². The van der Waals surface area contributed by atoms with Crippen LogP contribution < -0.4 is 10.6 Å². The van der Waals surface area contributed by atoms with Crippen LogP contribution in [0.3, 0.4) is 0 Å². The molecule has 1 fully saturated rings. The van der Waals surface area contributed by atoms with E-state index in [-0.39, 0.29) is 12.0 Å². The Morgan fingerprint density at radius 1 is 1.04 bits per heavy atom. The third kappa shape index (κ3) is 3.73. The normalized spacial score (nSPS) is 21.8. The van der Waals surface area contributed by atoms with Crippen molar-refractivity contribution in [1.29, 1.82) is 0 Å². The number of halogens is 3. The van der Waals surface area contributed by atoms with Crippen molar-refractivity contribution in [3.05, 3.63) is 65.2 Å². The molecule has 24 heavy (non-hydrogen) atoms. The van der Waals surface area contributed by atoms with E-state index in [2.05, 4.69) is 24.3 Å². The van der Waals surface area contributed by atoms with Crippen molar-refractivity contribution in [2.75, 3.05) is 18.0 Å². The Hall–Kier alpha value is -2.01. The number of benzene rings is 2. The molecule has 2 aromatic rings. The van der Waals surface area contributed by atoms with Gasteiger partial charge in [-0.1, -0.05) is 35.9 Å². The first-order valence-corrected chi connectivity index (χ1v) is 8.07. The van der Waals surface area contributed by atoms with Gasteiger partial charge < -0.3 is 10.6 Å². The van der Waals surface area contributed by atoms with Gasteiger partial charge in [-0.05, 0) is 37.1 Å². The minimum atomic E-state index is -4.33. The van der Waals surface area contributed by atoms with E-state index in [0.717, 1.165) is 12.5 Å². The molecule has 3 rings (SSSR count). The van der Waals surface area contributed by atoms with Crippen LogP contribution in [0.15, 0.2) is 48.5 Å². The predicted molar refractivity (Wildman–Crippen MR) is 90.2 cm³/mol. The van der Waals surface area contributed by atoms with E-state index in [1.54, 1.807) is 6.07 Å². The highest BCUT2D eigenvalue weighted by molar-refractivity contribution is 5.50. The van der Waals surface area contributed by atoms with Crippen LogP contribution in [-0.2, 0) is 6.18 Å². The van der Waals surface area contributed by atoms with Crippen molar-refractivity contribution in [3.8, 4) is 0 Å². The van der Waals surface area contributed by atoms with Gasteiger partial charge in [0.2, 0.25) is 0 Å². The number of hydrogen-bond acceptors (Lipinski definition) is 2. The quantitative estimate of drug-likeness (QED) is 0.885. The Balaban J connectivity index is 1.84. The Morgan fingerprint density at radius 2 is 1.75 bits per heavy atom. The van der Waals surface area contributed by atoms with E-state index in [9.17, 15) is 13.2 Å². The summed E-state index contributed by atoms with van der Waals surface area (Å²) in [6.45, 7) is 3.28. The van der Waals surface area contributed by atoms with Crippen LogP contribution in [0.1, 0.15) is 29.0 Å². The molecule has 1 saturated heterocycles. The highest BCUT2D eigenvalue weighted by Gasteiger charge is 2.32. The summed E-state index contributed by atoms with van der Waals surface area (Å²) in [5.74, 6) is 0.226. The Labute approximate surface area is 140 Å². The molecule has 0 bridgehead atoms. The Kier molecular flexibility index (Phi) is 4.54. The highest BCUT2D eigenvalue weighted by atomic mass is 19.4. The summed E-state index contributed by atoms with van der Waals surface area (Å²) >= 11 is 0. The van der Waals surface area contributed by atoms with Crippen molar-refractivity contribution in [3.63, 3.8) is 0 Å². The zero-order chi connectivity index (χ0) is 17.3. The maximum absolute atomic E-state index is 12.9. The van der Waals surface area contributed by atoms with Crippen LogP contribution in [0.2, 0.25) is 0 Å². The maximum atomic E-state index is 12.9. The molecular weight excluding hydrogens is 313 g/mol. The predicted octanol–water partition coefficient (Wildman–Crippen LogP) is 4.34. The number of aryl methyl sites for hydroxylation is 1. The van der Waals surface area contributed by atoms with Crippen molar-refractivity contribution in [2.24, 2.45) is 5.73 Å². The first-order valence-electron chi connectivity index (χ1n) is 8.07. The molecule has 2 nitrogen and oxygen atoms in total. The summed E-state index contributed by atoms with van der Waals surface area (Å²) < 4.78 is 38.8. The van der Waals surface area contributed by atoms with Gasteiger partial charge in [0.25, 0.3) is 0 Å². The lowest BCUT2D eigenvalue weighted by Crippen LogP contribution is -2.46. The molecule has 1 aliphatic heterocycles. The zero-order valence-electron chi connectivity index (χ0n) is 13.6. The summed E-state index contributed by atoms with van der Waals surface area (Å²) in [6, 6.07) is 13.7. The lowest BCUT2D eigenvalue weighted by molar-refractivity contribution is -0.137. The fraction of sp³-hybridized carbons (Fsp3) is 0.368. The maximum Gasteiger partial charge on any atom is 0.416 e. The van der Waals surface area contributed by atoms with Gasteiger partial charge in [-0.25, -0.2) is 0 Å². The van der Waals surface area contributed by atoms with Crippen LogP contribution in [0.4, 0.5) is 18.9 Å². The average molecular weight is 334 g/mol. The molecule has 2 unspecified atom stereocenters. The van der Waals surface area contributed by atoms with Crippen LogP contribution >= 0.6 is 0 Å². The molecule has 5 heteroatoms. The molecule has 0 radical (unpaired) electrons. The molecule has 1 aliphatic rings. The number of nitrogens with two attached hydrogens (primary N) is 1. The Bertz CT molecular complexity index is 695. The summed E-state index contributed by atoms with van der Waals surface area (Å²) in [5.41, 5.74) is 8.52. The van der Waals surface area contributed by atoms with Gasteiger partial charge in [0, 0.05) is 30.7 Å². The third-order valence-electron chi connectivity index (χ3n) is 4.57. The van der Waals surface area contributed by atoms with Crippen molar-refractivity contribution in [1.82, 2.24) is 0 Å². The van der Waals surface area contributed by atoms with Gasteiger partial charge in [-0.15, -0.1) is 0 Å². The molecule has 2 atom stereocenters. The molecule has 1 heterocycles. The van der Waals surface area contributed by atoms with Gasteiger partial charge in [0.1, 0.15) is 0 Å². The number of piperidine rings is 1. The van der Waals surface area contributed by atoms with Crippen LogP contribution in [-0.4, -0.2) is 19.1 Å². The number of nitrogens with zero attached hydrogens (tertiary/aromatic N) is 1. The van der Waals surface area contributed by atoms with Gasteiger partial charge in [0.15, 0.2) is 0 Å². The van der Waals surface area contributed by atoms with E-state index in [1.807, 2.05) is 11.8 Å². The SMILES string of the molecule is Cc1ccc(C2CC(N)CN(c3cccc(C(F)(F)F)c3)C2)cc1. The topological polar surface area (TPSA) is 29.3 Å². The minimum absolute atomic E-state index is 0.0559.